The van der Waals surface area contributed by atoms with Gasteiger partial charge in [-0.3, -0.25) is 4.79 Å². The molecule has 0 atom stereocenters. The van der Waals surface area contributed by atoms with E-state index < -0.39 is 17.7 Å². The highest BCUT2D eigenvalue weighted by Crippen LogP contribution is 2.13. The van der Waals surface area contributed by atoms with Crippen molar-refractivity contribution in [3.63, 3.8) is 0 Å². The van der Waals surface area contributed by atoms with E-state index in [9.17, 15) is 9.59 Å². The standard InChI is InChI=1S/C15H21NO5/c1-15(2,3)21-14(19)16-7-8-20-12-6-4-5-11(9-12)10-13(17)18/h4-6,9H,7-8,10H2,1-3H3,(H,16,19)(H,17,18). The van der Waals surface area contributed by atoms with Crippen molar-refractivity contribution in [3.8, 4) is 5.75 Å². The van der Waals surface area contributed by atoms with Crippen LogP contribution < -0.4 is 10.1 Å². The summed E-state index contributed by atoms with van der Waals surface area (Å²) in [5, 5.41) is 11.3. The molecule has 116 valence electrons. The molecule has 0 unspecified atom stereocenters. The highest BCUT2D eigenvalue weighted by atomic mass is 16.6. The second-order valence-electron chi connectivity index (χ2n) is 5.50. The van der Waals surface area contributed by atoms with E-state index in [0.29, 0.717) is 17.9 Å². The number of carboxylic acids is 1. The van der Waals surface area contributed by atoms with Crippen LogP contribution in [0.3, 0.4) is 0 Å². The average molecular weight is 295 g/mol. The molecule has 0 saturated carbocycles. The Labute approximate surface area is 124 Å². The van der Waals surface area contributed by atoms with E-state index >= 15 is 0 Å². The number of carbonyl (C=O) groups is 2. The second kappa shape index (κ2) is 7.52. The molecule has 0 aromatic heterocycles. The second-order valence-corrected chi connectivity index (χ2v) is 5.50. The summed E-state index contributed by atoms with van der Waals surface area (Å²) < 4.78 is 10.5. The SMILES string of the molecule is CC(C)(C)OC(=O)NCCOc1cccc(CC(=O)O)c1. The Morgan fingerprint density at radius 1 is 1.29 bits per heavy atom. The van der Waals surface area contributed by atoms with Crippen LogP contribution in [-0.4, -0.2) is 35.9 Å². The first-order valence-electron chi connectivity index (χ1n) is 6.66. The summed E-state index contributed by atoms with van der Waals surface area (Å²) in [6, 6.07) is 6.86. The number of carboxylic acid groups (broad SMARTS) is 1. The lowest BCUT2D eigenvalue weighted by molar-refractivity contribution is -0.136. The molecule has 1 aromatic rings. The first-order valence-corrected chi connectivity index (χ1v) is 6.66. The summed E-state index contributed by atoms with van der Waals surface area (Å²) in [6.45, 7) is 5.94. The third-order valence-electron chi connectivity index (χ3n) is 2.29. The molecule has 1 amide bonds. The maximum absolute atomic E-state index is 11.4. The molecule has 0 aliphatic heterocycles. The van der Waals surface area contributed by atoms with Crippen LogP contribution in [0.5, 0.6) is 5.75 Å². The fourth-order valence-electron chi connectivity index (χ4n) is 1.56. The lowest BCUT2D eigenvalue weighted by atomic mass is 10.1. The van der Waals surface area contributed by atoms with Crippen LogP contribution in [0.15, 0.2) is 24.3 Å². The van der Waals surface area contributed by atoms with Gasteiger partial charge in [-0.25, -0.2) is 4.79 Å². The quantitative estimate of drug-likeness (QED) is 0.786. The number of rotatable bonds is 6. The van der Waals surface area contributed by atoms with Gasteiger partial charge >= 0.3 is 12.1 Å². The summed E-state index contributed by atoms with van der Waals surface area (Å²) in [5.41, 5.74) is 0.135. The van der Waals surface area contributed by atoms with E-state index in [2.05, 4.69) is 5.32 Å². The zero-order valence-corrected chi connectivity index (χ0v) is 12.5. The third kappa shape index (κ3) is 7.81. The number of benzene rings is 1. The molecular formula is C15H21NO5. The van der Waals surface area contributed by atoms with E-state index in [1.807, 2.05) is 0 Å². The number of alkyl carbamates (subject to hydrolysis) is 1. The number of nitrogens with one attached hydrogen (secondary N) is 1. The molecule has 0 saturated heterocycles. The summed E-state index contributed by atoms with van der Waals surface area (Å²) >= 11 is 0. The number of aliphatic carboxylic acids is 1. The van der Waals surface area contributed by atoms with Crippen LogP contribution in [-0.2, 0) is 16.0 Å². The van der Waals surface area contributed by atoms with Crippen LogP contribution in [0.25, 0.3) is 0 Å². The van der Waals surface area contributed by atoms with E-state index in [1.54, 1.807) is 45.0 Å². The van der Waals surface area contributed by atoms with Crippen LogP contribution in [0.1, 0.15) is 26.3 Å². The van der Waals surface area contributed by atoms with Gasteiger partial charge in [0.25, 0.3) is 0 Å². The molecular weight excluding hydrogens is 274 g/mol. The van der Waals surface area contributed by atoms with Crippen molar-refractivity contribution in [2.45, 2.75) is 32.8 Å². The van der Waals surface area contributed by atoms with E-state index in [1.165, 1.54) is 0 Å². The minimum Gasteiger partial charge on any atom is -0.492 e. The average Bonchev–Trinajstić information content (AvgIpc) is 2.32. The van der Waals surface area contributed by atoms with Gasteiger partial charge in [-0.05, 0) is 38.5 Å². The first-order chi connectivity index (χ1) is 9.76. The normalized spacial score (nSPS) is 10.8. The predicted octanol–water partition coefficient (Wildman–Crippen LogP) is 2.22. The van der Waals surface area contributed by atoms with Gasteiger partial charge in [-0.1, -0.05) is 12.1 Å². The molecule has 0 radical (unpaired) electrons. The maximum atomic E-state index is 11.4. The van der Waals surface area contributed by atoms with Crippen molar-refractivity contribution in [1.29, 1.82) is 0 Å². The minimum atomic E-state index is -0.890. The van der Waals surface area contributed by atoms with Crippen molar-refractivity contribution in [2.75, 3.05) is 13.2 Å². The molecule has 0 bridgehead atoms. The van der Waals surface area contributed by atoms with Crippen LogP contribution in [0.4, 0.5) is 4.79 Å². The van der Waals surface area contributed by atoms with Crippen LogP contribution in [0, 0.1) is 0 Å². The summed E-state index contributed by atoms with van der Waals surface area (Å²) in [5.74, 6) is -0.321. The fraction of sp³-hybridized carbons (Fsp3) is 0.467. The lowest BCUT2D eigenvalue weighted by Crippen LogP contribution is -2.34. The zero-order valence-electron chi connectivity index (χ0n) is 12.5. The van der Waals surface area contributed by atoms with E-state index in [-0.39, 0.29) is 13.0 Å². The van der Waals surface area contributed by atoms with Gasteiger partial charge in [0, 0.05) is 0 Å². The fourth-order valence-corrected chi connectivity index (χ4v) is 1.56. The molecule has 0 aliphatic rings. The van der Waals surface area contributed by atoms with Crippen molar-refractivity contribution in [1.82, 2.24) is 5.32 Å². The Morgan fingerprint density at radius 3 is 2.62 bits per heavy atom. The molecule has 0 spiro atoms. The molecule has 2 N–H and O–H groups in total. The molecule has 0 fully saturated rings. The van der Waals surface area contributed by atoms with Crippen LogP contribution >= 0.6 is 0 Å². The molecule has 0 aliphatic carbocycles. The van der Waals surface area contributed by atoms with E-state index in [0.717, 1.165) is 0 Å². The maximum Gasteiger partial charge on any atom is 0.407 e. The Kier molecular flexibility index (Phi) is 6.02. The van der Waals surface area contributed by atoms with Gasteiger partial charge in [0.15, 0.2) is 0 Å². The van der Waals surface area contributed by atoms with Crippen molar-refractivity contribution in [3.05, 3.63) is 29.8 Å². The summed E-state index contributed by atoms with van der Waals surface area (Å²) in [6.07, 6.45) is -0.543. The highest BCUT2D eigenvalue weighted by Gasteiger charge is 2.15. The monoisotopic (exact) mass is 295 g/mol. The number of hydrogen-bond donors (Lipinski definition) is 2. The van der Waals surface area contributed by atoms with Gasteiger partial charge < -0.3 is 19.9 Å². The first kappa shape index (κ1) is 16.8. The van der Waals surface area contributed by atoms with Gasteiger partial charge in [0.1, 0.15) is 18.0 Å². The molecule has 6 heteroatoms. The lowest BCUT2D eigenvalue weighted by Gasteiger charge is -2.19. The Hall–Kier alpha value is -2.24. The van der Waals surface area contributed by atoms with Gasteiger partial charge in [-0.2, -0.15) is 0 Å². The van der Waals surface area contributed by atoms with Crippen LogP contribution in [0.2, 0.25) is 0 Å². The summed E-state index contributed by atoms with van der Waals surface area (Å²) in [4.78, 5) is 22.0. The van der Waals surface area contributed by atoms with Gasteiger partial charge in [0.2, 0.25) is 0 Å². The van der Waals surface area contributed by atoms with Crippen molar-refractivity contribution in [2.24, 2.45) is 0 Å². The molecule has 6 nitrogen and oxygen atoms in total. The van der Waals surface area contributed by atoms with Gasteiger partial charge in [0.05, 0.1) is 13.0 Å². The van der Waals surface area contributed by atoms with Crippen molar-refractivity contribution < 1.29 is 24.2 Å². The molecule has 0 heterocycles. The van der Waals surface area contributed by atoms with Crippen molar-refractivity contribution >= 4 is 12.1 Å². The number of ether oxygens (including phenoxy) is 2. The number of amides is 1. The molecule has 1 aromatic carbocycles. The highest BCUT2D eigenvalue weighted by molar-refractivity contribution is 5.70. The minimum absolute atomic E-state index is 0.0483. The largest absolute Gasteiger partial charge is 0.492 e. The Bertz CT molecular complexity index is 493. The topological polar surface area (TPSA) is 84.9 Å². The van der Waals surface area contributed by atoms with Gasteiger partial charge in [-0.15, -0.1) is 0 Å². The third-order valence-corrected chi connectivity index (χ3v) is 2.29. The number of carbonyl (C=O) groups excluding carboxylic acids is 1. The Morgan fingerprint density at radius 2 is 2.00 bits per heavy atom. The zero-order chi connectivity index (χ0) is 15.9. The van der Waals surface area contributed by atoms with E-state index in [4.69, 9.17) is 14.6 Å². The Balaban J connectivity index is 2.33. The number of hydrogen-bond acceptors (Lipinski definition) is 4. The predicted molar refractivity (Wildman–Crippen MR) is 77.5 cm³/mol. The summed E-state index contributed by atoms with van der Waals surface area (Å²) in [7, 11) is 0. The molecule has 21 heavy (non-hydrogen) atoms. The smallest absolute Gasteiger partial charge is 0.407 e. The molecule has 1 rings (SSSR count).